The van der Waals surface area contributed by atoms with Crippen molar-refractivity contribution in [3.63, 3.8) is 0 Å². The van der Waals surface area contributed by atoms with Crippen molar-refractivity contribution in [2.45, 2.75) is 25.7 Å². The second-order valence-electron chi connectivity index (χ2n) is 5.15. The van der Waals surface area contributed by atoms with E-state index < -0.39 is 23.1 Å². The number of hydrogen-bond acceptors (Lipinski definition) is 5. The van der Waals surface area contributed by atoms with Crippen LogP contribution >= 0.6 is 0 Å². The van der Waals surface area contributed by atoms with Gasteiger partial charge in [-0.3, -0.25) is 4.79 Å². The van der Waals surface area contributed by atoms with E-state index in [0.29, 0.717) is 5.56 Å². The third-order valence-electron chi connectivity index (χ3n) is 3.51. The minimum Gasteiger partial charge on any atom is -0.466 e. The summed E-state index contributed by atoms with van der Waals surface area (Å²) in [4.78, 5) is 35.3. The quantitative estimate of drug-likeness (QED) is 0.457. The number of aryl methyl sites for hydroxylation is 1. The number of ketones is 1. The van der Waals surface area contributed by atoms with E-state index in [1.54, 1.807) is 13.0 Å². The molecule has 0 fully saturated rings. The lowest BCUT2D eigenvalue weighted by Crippen LogP contribution is -2.38. The molecule has 22 heavy (non-hydrogen) atoms. The third-order valence-corrected chi connectivity index (χ3v) is 3.51. The Labute approximate surface area is 129 Å². The predicted molar refractivity (Wildman–Crippen MR) is 81.3 cm³/mol. The van der Waals surface area contributed by atoms with Crippen LogP contribution in [0.3, 0.4) is 0 Å². The summed E-state index contributed by atoms with van der Waals surface area (Å²) in [5.41, 5.74) is 0.555. The second kappa shape index (κ2) is 7.54. The van der Waals surface area contributed by atoms with Gasteiger partial charge in [-0.05, 0) is 25.8 Å². The largest absolute Gasteiger partial charge is 0.466 e. The number of allylic oxidation sites excluding steroid dienone is 1. The van der Waals surface area contributed by atoms with Gasteiger partial charge in [0.25, 0.3) is 5.78 Å². The minimum absolute atomic E-state index is 0.180. The van der Waals surface area contributed by atoms with E-state index >= 15 is 0 Å². The lowest BCUT2D eigenvalue weighted by atomic mass is 9.75. The molecular weight excluding hydrogens is 284 g/mol. The lowest BCUT2D eigenvalue weighted by Gasteiger charge is -2.26. The number of carbonyl (C=O) groups is 3. The van der Waals surface area contributed by atoms with Gasteiger partial charge in [0.1, 0.15) is 0 Å². The zero-order chi connectivity index (χ0) is 16.8. The van der Waals surface area contributed by atoms with Crippen LogP contribution in [0.5, 0.6) is 0 Å². The molecule has 0 N–H and O–H groups in total. The standard InChI is InChI=1S/C17H20O5/c1-12-7-5-8-13(11-12)17(2,15(19)16(20)22-4)10-6-9-14(18)21-3/h5-9,11H,10H2,1-4H3/b9-6+. The van der Waals surface area contributed by atoms with Crippen LogP contribution < -0.4 is 0 Å². The molecule has 0 saturated carbocycles. The molecule has 0 aliphatic rings. The average Bonchev–Trinajstić information content (AvgIpc) is 2.52. The van der Waals surface area contributed by atoms with E-state index in [4.69, 9.17) is 0 Å². The summed E-state index contributed by atoms with van der Waals surface area (Å²) in [5, 5.41) is 0. The molecule has 0 heterocycles. The highest BCUT2D eigenvalue weighted by atomic mass is 16.5. The number of rotatable bonds is 6. The van der Waals surface area contributed by atoms with E-state index in [1.807, 2.05) is 25.1 Å². The van der Waals surface area contributed by atoms with E-state index in [9.17, 15) is 14.4 Å². The first-order valence-electron chi connectivity index (χ1n) is 6.79. The van der Waals surface area contributed by atoms with Crippen LogP contribution in [0.4, 0.5) is 0 Å². The molecule has 5 heteroatoms. The van der Waals surface area contributed by atoms with Crippen molar-refractivity contribution < 1.29 is 23.9 Å². The molecule has 5 nitrogen and oxygen atoms in total. The molecule has 1 aromatic carbocycles. The maximum absolute atomic E-state index is 12.4. The van der Waals surface area contributed by atoms with Gasteiger partial charge in [0.2, 0.25) is 0 Å². The number of ether oxygens (including phenoxy) is 2. The van der Waals surface area contributed by atoms with Crippen LogP contribution in [0.25, 0.3) is 0 Å². The van der Waals surface area contributed by atoms with Crippen LogP contribution in [0, 0.1) is 6.92 Å². The summed E-state index contributed by atoms with van der Waals surface area (Å²) in [5.74, 6) is -2.08. The Hall–Kier alpha value is -2.43. The van der Waals surface area contributed by atoms with E-state index in [1.165, 1.54) is 26.4 Å². The first-order chi connectivity index (χ1) is 10.3. The highest BCUT2D eigenvalue weighted by Crippen LogP contribution is 2.30. The predicted octanol–water partition coefficient (Wildman–Crippen LogP) is 2.11. The maximum atomic E-state index is 12.4. The number of Topliss-reactive ketones (excluding diaryl/α,β-unsaturated/α-hetero) is 1. The van der Waals surface area contributed by atoms with Crippen LogP contribution in [0.2, 0.25) is 0 Å². The molecule has 0 saturated heterocycles. The fourth-order valence-corrected chi connectivity index (χ4v) is 2.11. The molecule has 1 aromatic rings. The van der Waals surface area contributed by atoms with Crippen molar-refractivity contribution in [3.05, 3.63) is 47.5 Å². The van der Waals surface area contributed by atoms with Crippen molar-refractivity contribution >= 4 is 17.7 Å². The Kier molecular flexibility index (Phi) is 6.04. The van der Waals surface area contributed by atoms with E-state index in [2.05, 4.69) is 9.47 Å². The first-order valence-corrected chi connectivity index (χ1v) is 6.79. The van der Waals surface area contributed by atoms with Gasteiger partial charge in [-0.15, -0.1) is 0 Å². The van der Waals surface area contributed by atoms with Crippen LogP contribution in [-0.4, -0.2) is 31.9 Å². The summed E-state index contributed by atoms with van der Waals surface area (Å²) in [6.07, 6.45) is 2.94. The van der Waals surface area contributed by atoms with Crippen molar-refractivity contribution in [3.8, 4) is 0 Å². The molecule has 0 aliphatic carbocycles. The van der Waals surface area contributed by atoms with Crippen LogP contribution in [0.1, 0.15) is 24.5 Å². The topological polar surface area (TPSA) is 69.7 Å². The summed E-state index contributed by atoms with van der Waals surface area (Å²) >= 11 is 0. The Balaban J connectivity index is 3.20. The molecule has 0 spiro atoms. The molecular formula is C17H20O5. The molecule has 1 atom stereocenters. The zero-order valence-corrected chi connectivity index (χ0v) is 13.2. The summed E-state index contributed by atoms with van der Waals surface area (Å²) in [6, 6.07) is 7.33. The highest BCUT2D eigenvalue weighted by Gasteiger charge is 2.39. The third kappa shape index (κ3) is 4.04. The van der Waals surface area contributed by atoms with Gasteiger partial charge in [-0.25, -0.2) is 9.59 Å². The number of esters is 2. The van der Waals surface area contributed by atoms with Gasteiger partial charge >= 0.3 is 11.9 Å². The number of methoxy groups -OCH3 is 2. The Morgan fingerprint density at radius 1 is 1.18 bits per heavy atom. The molecule has 1 rings (SSSR count). The normalized spacial score (nSPS) is 13.5. The van der Waals surface area contributed by atoms with Gasteiger partial charge in [0.15, 0.2) is 0 Å². The SMILES string of the molecule is COC(=O)/C=C/CC(C)(C(=O)C(=O)OC)c1cccc(C)c1. The fraction of sp³-hybridized carbons (Fsp3) is 0.353. The van der Waals surface area contributed by atoms with Gasteiger partial charge in [0.05, 0.1) is 19.6 Å². The van der Waals surface area contributed by atoms with Crippen molar-refractivity contribution in [2.75, 3.05) is 14.2 Å². The highest BCUT2D eigenvalue weighted by molar-refractivity contribution is 6.37. The number of hydrogen-bond donors (Lipinski definition) is 0. The molecule has 0 radical (unpaired) electrons. The Morgan fingerprint density at radius 3 is 2.41 bits per heavy atom. The zero-order valence-electron chi connectivity index (χ0n) is 13.2. The van der Waals surface area contributed by atoms with Crippen LogP contribution in [-0.2, 0) is 29.3 Å². The minimum atomic E-state index is -1.11. The second-order valence-corrected chi connectivity index (χ2v) is 5.15. The number of carbonyl (C=O) groups excluding carboxylic acids is 3. The average molecular weight is 304 g/mol. The van der Waals surface area contributed by atoms with Gasteiger partial charge in [0, 0.05) is 6.08 Å². The van der Waals surface area contributed by atoms with Gasteiger partial charge < -0.3 is 9.47 Å². The number of benzene rings is 1. The molecule has 0 amide bonds. The van der Waals surface area contributed by atoms with Crippen molar-refractivity contribution in [1.29, 1.82) is 0 Å². The summed E-state index contributed by atoms with van der Waals surface area (Å²) in [6.45, 7) is 3.56. The van der Waals surface area contributed by atoms with Gasteiger partial charge in [-0.1, -0.05) is 35.9 Å². The fourth-order valence-electron chi connectivity index (χ4n) is 2.11. The summed E-state index contributed by atoms with van der Waals surface area (Å²) < 4.78 is 9.07. The molecule has 0 aromatic heterocycles. The molecule has 118 valence electrons. The molecule has 1 unspecified atom stereocenters. The first kappa shape index (κ1) is 17.6. The molecule has 0 aliphatic heterocycles. The van der Waals surface area contributed by atoms with E-state index in [-0.39, 0.29) is 6.42 Å². The van der Waals surface area contributed by atoms with E-state index in [0.717, 1.165) is 5.56 Å². The monoisotopic (exact) mass is 304 g/mol. The van der Waals surface area contributed by atoms with Gasteiger partial charge in [-0.2, -0.15) is 0 Å². The summed E-state index contributed by atoms with van der Waals surface area (Å²) in [7, 11) is 2.44. The van der Waals surface area contributed by atoms with Crippen molar-refractivity contribution in [2.24, 2.45) is 0 Å². The lowest BCUT2D eigenvalue weighted by molar-refractivity contribution is -0.154. The Morgan fingerprint density at radius 2 is 1.86 bits per heavy atom. The Bertz CT molecular complexity index is 603. The van der Waals surface area contributed by atoms with Crippen molar-refractivity contribution in [1.82, 2.24) is 0 Å². The molecule has 0 bridgehead atoms. The smallest absolute Gasteiger partial charge is 0.375 e. The maximum Gasteiger partial charge on any atom is 0.375 e. The van der Waals surface area contributed by atoms with Crippen LogP contribution in [0.15, 0.2) is 36.4 Å².